The smallest absolute Gasteiger partial charge is 0.269 e. The van der Waals surface area contributed by atoms with Crippen molar-refractivity contribution in [2.24, 2.45) is 0 Å². The number of nitrogens with zero attached hydrogens (tertiary/aromatic N) is 3. The zero-order valence-electron chi connectivity index (χ0n) is 13.8. The molecule has 26 heavy (non-hydrogen) atoms. The Morgan fingerprint density at radius 1 is 1.12 bits per heavy atom. The van der Waals surface area contributed by atoms with Gasteiger partial charge in [-0.1, -0.05) is 17.7 Å². The third-order valence-electron chi connectivity index (χ3n) is 3.57. The fourth-order valence-electron chi connectivity index (χ4n) is 2.14. The number of hydrogen-bond donors (Lipinski definition) is 4. The largest absolute Gasteiger partial charge is 0.393 e. The van der Waals surface area contributed by atoms with Crippen LogP contribution in [0.25, 0.3) is 0 Å². The number of carbonyl (C=O) groups excluding carboxylic acids is 1. The van der Waals surface area contributed by atoms with Crippen LogP contribution in [0.4, 0.5) is 23.0 Å². The molecule has 0 bridgehead atoms. The summed E-state index contributed by atoms with van der Waals surface area (Å²) in [5.74, 6) is 0.321. The van der Waals surface area contributed by atoms with E-state index in [2.05, 4.69) is 31.1 Å². The van der Waals surface area contributed by atoms with E-state index in [-0.39, 0.29) is 17.4 Å². The molecule has 2 aromatic heterocycles. The third-order valence-corrected chi connectivity index (χ3v) is 3.81. The van der Waals surface area contributed by atoms with Crippen LogP contribution in [0.15, 0.2) is 49.1 Å². The third kappa shape index (κ3) is 3.98. The van der Waals surface area contributed by atoms with Gasteiger partial charge in [-0.3, -0.25) is 20.6 Å². The summed E-state index contributed by atoms with van der Waals surface area (Å²) >= 11 is 6.03. The Morgan fingerprint density at radius 3 is 2.62 bits per heavy atom. The van der Waals surface area contributed by atoms with E-state index < -0.39 is 0 Å². The molecule has 0 saturated heterocycles. The number of halogens is 1. The van der Waals surface area contributed by atoms with Crippen LogP contribution in [0, 0.1) is 6.92 Å². The van der Waals surface area contributed by atoms with Crippen LogP contribution in [0.5, 0.6) is 0 Å². The van der Waals surface area contributed by atoms with E-state index in [1.165, 1.54) is 18.7 Å². The quantitative estimate of drug-likeness (QED) is 0.510. The lowest BCUT2D eigenvalue weighted by Gasteiger charge is -2.14. The zero-order chi connectivity index (χ0) is 18.5. The summed E-state index contributed by atoms with van der Waals surface area (Å²) in [7, 11) is 0. The molecule has 0 spiro atoms. The minimum absolute atomic E-state index is 0.252. The van der Waals surface area contributed by atoms with E-state index in [1.807, 2.05) is 13.0 Å². The molecular formula is C17H16ClN7O. The van der Waals surface area contributed by atoms with Gasteiger partial charge >= 0.3 is 0 Å². The number of aromatic nitrogens is 3. The van der Waals surface area contributed by atoms with Crippen LogP contribution < -0.4 is 21.9 Å². The first-order valence-electron chi connectivity index (χ1n) is 7.64. The molecule has 3 rings (SSSR count). The maximum absolute atomic E-state index is 12.1. The lowest BCUT2D eigenvalue weighted by atomic mass is 10.2. The normalized spacial score (nSPS) is 10.2. The fourth-order valence-corrected chi connectivity index (χ4v) is 2.31. The number of nitrogens with two attached hydrogens (primary N) is 1. The molecule has 132 valence electrons. The standard InChI is InChI=1S/C17H16ClN7O/c1-10-2-3-12(18)8-13(10)23-15-14(19)16(22-9-21-15)24-25-17(26)11-4-6-20-7-5-11/h2-9H,19H2,1H3,(H,25,26)(H2,21,22,23,24). The number of anilines is 4. The number of amides is 1. The van der Waals surface area contributed by atoms with Gasteiger partial charge in [-0.15, -0.1) is 0 Å². The van der Waals surface area contributed by atoms with E-state index in [0.717, 1.165) is 11.3 Å². The van der Waals surface area contributed by atoms with Gasteiger partial charge in [0.05, 0.1) is 0 Å². The molecular weight excluding hydrogens is 354 g/mol. The first-order chi connectivity index (χ1) is 12.5. The first-order valence-corrected chi connectivity index (χ1v) is 8.02. The highest BCUT2D eigenvalue weighted by atomic mass is 35.5. The number of rotatable bonds is 5. The molecule has 9 heteroatoms. The van der Waals surface area contributed by atoms with Gasteiger partial charge in [0, 0.05) is 28.7 Å². The van der Waals surface area contributed by atoms with E-state index >= 15 is 0 Å². The summed E-state index contributed by atoms with van der Waals surface area (Å²) in [4.78, 5) is 24.1. The molecule has 5 N–H and O–H groups in total. The number of nitrogens with one attached hydrogen (secondary N) is 3. The summed E-state index contributed by atoms with van der Waals surface area (Å²) < 4.78 is 0. The average molecular weight is 370 g/mol. The highest BCUT2D eigenvalue weighted by Gasteiger charge is 2.11. The number of carbonyl (C=O) groups is 1. The van der Waals surface area contributed by atoms with Crippen molar-refractivity contribution in [3.8, 4) is 0 Å². The summed E-state index contributed by atoms with van der Waals surface area (Å²) in [6.07, 6.45) is 4.39. The predicted molar refractivity (Wildman–Crippen MR) is 101 cm³/mol. The predicted octanol–water partition coefficient (Wildman–Crippen LogP) is 2.92. The second-order valence-corrected chi connectivity index (χ2v) is 5.82. The number of nitrogen functional groups attached to an aromatic ring is 1. The Morgan fingerprint density at radius 2 is 1.85 bits per heavy atom. The zero-order valence-corrected chi connectivity index (χ0v) is 14.6. The lowest BCUT2D eigenvalue weighted by Crippen LogP contribution is -2.30. The van der Waals surface area contributed by atoms with Gasteiger partial charge in [0.15, 0.2) is 11.6 Å². The number of benzene rings is 1. The van der Waals surface area contributed by atoms with Crippen LogP contribution in [0.2, 0.25) is 5.02 Å². The molecule has 0 fully saturated rings. The number of aryl methyl sites for hydroxylation is 1. The van der Waals surface area contributed by atoms with Crippen molar-refractivity contribution in [3.63, 3.8) is 0 Å². The van der Waals surface area contributed by atoms with Crippen LogP contribution in [-0.2, 0) is 0 Å². The Kier molecular flexibility index (Phi) is 5.14. The maximum atomic E-state index is 12.1. The van der Waals surface area contributed by atoms with Gasteiger partial charge in [0.2, 0.25) is 0 Å². The monoisotopic (exact) mass is 369 g/mol. The molecule has 0 unspecified atom stereocenters. The Hall–Kier alpha value is -3.39. The van der Waals surface area contributed by atoms with Gasteiger partial charge in [-0.2, -0.15) is 0 Å². The van der Waals surface area contributed by atoms with Gasteiger partial charge < -0.3 is 11.1 Å². The molecule has 8 nitrogen and oxygen atoms in total. The summed E-state index contributed by atoms with van der Waals surface area (Å²) in [5.41, 5.74) is 13.8. The molecule has 0 aliphatic rings. The van der Waals surface area contributed by atoms with Gasteiger partial charge in [0.1, 0.15) is 12.0 Å². The molecule has 1 aromatic carbocycles. The lowest BCUT2D eigenvalue weighted by molar-refractivity contribution is 0.0962. The SMILES string of the molecule is Cc1ccc(Cl)cc1Nc1ncnc(NNC(=O)c2ccncc2)c1N. The van der Waals surface area contributed by atoms with Crippen LogP contribution in [0.1, 0.15) is 15.9 Å². The van der Waals surface area contributed by atoms with Gasteiger partial charge in [-0.05, 0) is 36.8 Å². The van der Waals surface area contributed by atoms with Crippen molar-refractivity contribution < 1.29 is 4.79 Å². The molecule has 0 radical (unpaired) electrons. The molecule has 0 saturated carbocycles. The highest BCUT2D eigenvalue weighted by Crippen LogP contribution is 2.28. The minimum atomic E-state index is -0.342. The Bertz CT molecular complexity index is 934. The Balaban J connectivity index is 1.75. The highest BCUT2D eigenvalue weighted by molar-refractivity contribution is 6.30. The molecule has 0 aliphatic heterocycles. The topological polar surface area (TPSA) is 118 Å². The molecule has 1 amide bonds. The molecule has 2 heterocycles. The summed E-state index contributed by atoms with van der Waals surface area (Å²) in [6, 6.07) is 8.64. The first kappa shape index (κ1) is 17.4. The summed E-state index contributed by atoms with van der Waals surface area (Å²) in [5, 5.41) is 3.71. The summed E-state index contributed by atoms with van der Waals surface area (Å²) in [6.45, 7) is 1.93. The maximum Gasteiger partial charge on any atom is 0.269 e. The van der Waals surface area contributed by atoms with E-state index in [1.54, 1.807) is 24.3 Å². The van der Waals surface area contributed by atoms with Crippen molar-refractivity contribution in [2.45, 2.75) is 6.92 Å². The van der Waals surface area contributed by atoms with E-state index in [9.17, 15) is 4.79 Å². The minimum Gasteiger partial charge on any atom is -0.393 e. The molecule has 0 aliphatic carbocycles. The second-order valence-electron chi connectivity index (χ2n) is 5.38. The van der Waals surface area contributed by atoms with Crippen molar-refractivity contribution in [3.05, 3.63) is 65.2 Å². The van der Waals surface area contributed by atoms with Crippen LogP contribution >= 0.6 is 11.6 Å². The van der Waals surface area contributed by atoms with E-state index in [0.29, 0.717) is 16.4 Å². The van der Waals surface area contributed by atoms with Crippen molar-refractivity contribution in [1.29, 1.82) is 0 Å². The Labute approximate surface area is 154 Å². The van der Waals surface area contributed by atoms with Crippen LogP contribution in [0.3, 0.4) is 0 Å². The fraction of sp³-hybridized carbons (Fsp3) is 0.0588. The van der Waals surface area contributed by atoms with Crippen molar-refractivity contribution in [1.82, 2.24) is 20.4 Å². The molecule has 0 atom stereocenters. The van der Waals surface area contributed by atoms with E-state index in [4.69, 9.17) is 17.3 Å². The van der Waals surface area contributed by atoms with Crippen LogP contribution in [-0.4, -0.2) is 20.9 Å². The number of hydrogen-bond acceptors (Lipinski definition) is 7. The molecule has 3 aromatic rings. The second kappa shape index (κ2) is 7.66. The number of pyridine rings is 1. The average Bonchev–Trinajstić information content (AvgIpc) is 2.66. The van der Waals surface area contributed by atoms with Crippen molar-refractivity contribution >= 4 is 40.5 Å². The van der Waals surface area contributed by atoms with Gasteiger partial charge in [0.25, 0.3) is 5.91 Å². The number of hydrazine groups is 1. The van der Waals surface area contributed by atoms with Crippen molar-refractivity contribution in [2.75, 3.05) is 16.5 Å². The van der Waals surface area contributed by atoms with Gasteiger partial charge in [-0.25, -0.2) is 9.97 Å².